The zero-order chi connectivity index (χ0) is 22.2. The van der Waals surface area contributed by atoms with E-state index in [0.29, 0.717) is 10.9 Å². The van der Waals surface area contributed by atoms with Crippen LogP contribution in [-0.4, -0.2) is 39.3 Å². The maximum Gasteiger partial charge on any atom is 0.429 e. The van der Waals surface area contributed by atoms with Crippen LogP contribution in [0, 0.1) is 0 Å². The van der Waals surface area contributed by atoms with Crippen LogP contribution < -0.4 is 11.2 Å². The molecule has 2 amide bonds. The van der Waals surface area contributed by atoms with Crippen LogP contribution in [0.3, 0.4) is 0 Å². The van der Waals surface area contributed by atoms with Crippen LogP contribution in [0.1, 0.15) is 54.0 Å². The zero-order valence-electron chi connectivity index (χ0n) is 18.2. The fourth-order valence-electron chi connectivity index (χ4n) is 2.09. The molecule has 0 aliphatic carbocycles. The Labute approximate surface area is 177 Å². The second-order valence-electron chi connectivity index (χ2n) is 8.23. The van der Waals surface area contributed by atoms with Crippen LogP contribution in [0.4, 0.5) is 15.3 Å². The summed E-state index contributed by atoms with van der Waals surface area (Å²) in [5, 5.41) is 1.53. The lowest BCUT2D eigenvalue weighted by atomic mass is 10.2. The molecule has 0 saturated heterocycles. The third kappa shape index (κ3) is 10.6. The van der Waals surface area contributed by atoms with E-state index >= 15 is 0 Å². The summed E-state index contributed by atoms with van der Waals surface area (Å²) in [6, 6.07) is 7.22. The predicted octanol–water partition coefficient (Wildman–Crippen LogP) is 4.56. The van der Waals surface area contributed by atoms with E-state index in [2.05, 4.69) is 10.4 Å². The van der Waals surface area contributed by atoms with Crippen molar-refractivity contribution in [2.45, 2.75) is 66.2 Å². The highest BCUT2D eigenvalue weighted by atomic mass is 32.2. The van der Waals surface area contributed by atoms with E-state index in [9.17, 15) is 9.59 Å². The van der Waals surface area contributed by atoms with Crippen molar-refractivity contribution in [2.75, 3.05) is 5.75 Å². The van der Waals surface area contributed by atoms with Crippen LogP contribution in [-0.2, 0) is 16.0 Å². The number of ether oxygens (including phenoxy) is 2. The maximum atomic E-state index is 12.6. The molecule has 3 N–H and O–H groups in total. The Bertz CT molecular complexity index is 739. The lowest BCUT2D eigenvalue weighted by Gasteiger charge is -2.29. The molecule has 0 saturated carbocycles. The minimum atomic E-state index is -0.749. The van der Waals surface area contributed by atoms with Crippen LogP contribution in [0.5, 0.6) is 0 Å². The number of aliphatic imine (C=N–C) groups is 1. The molecule has 0 atom stereocenters. The minimum Gasteiger partial charge on any atom is -0.443 e. The van der Waals surface area contributed by atoms with Crippen molar-refractivity contribution in [3.63, 3.8) is 0 Å². The normalized spacial score (nSPS) is 12.3. The number of thioether (sulfide) groups is 1. The molecule has 0 spiro atoms. The van der Waals surface area contributed by atoms with Crippen molar-refractivity contribution in [3.05, 3.63) is 29.8 Å². The molecule has 0 bridgehead atoms. The number of hydrogen-bond acceptors (Lipinski definition) is 6. The molecule has 1 aromatic rings. The van der Waals surface area contributed by atoms with Gasteiger partial charge in [-0.05, 0) is 65.0 Å². The molecule has 162 valence electrons. The van der Waals surface area contributed by atoms with Gasteiger partial charge in [-0.15, -0.1) is 0 Å². The summed E-state index contributed by atoms with van der Waals surface area (Å²) < 4.78 is 10.6. The van der Waals surface area contributed by atoms with Gasteiger partial charge in [0.2, 0.25) is 0 Å². The van der Waals surface area contributed by atoms with Crippen molar-refractivity contribution < 1.29 is 19.1 Å². The third-order valence-electron chi connectivity index (χ3n) is 3.02. The molecule has 1 aromatic carbocycles. The number of carbonyl (C=O) groups excluding carboxylic acids is 2. The summed E-state index contributed by atoms with van der Waals surface area (Å²) in [5.74, 6) is 0.821. The van der Waals surface area contributed by atoms with E-state index in [4.69, 9.17) is 15.2 Å². The first kappa shape index (κ1) is 24.6. The Morgan fingerprint density at radius 3 is 2.31 bits per heavy atom. The second kappa shape index (κ2) is 10.4. The fraction of sp³-hybridized carbons (Fsp3) is 0.550. The largest absolute Gasteiger partial charge is 0.443 e. The van der Waals surface area contributed by atoms with E-state index in [-0.39, 0.29) is 6.54 Å². The number of nitrogens with one attached hydrogen (secondary N) is 1. The fourth-order valence-corrected chi connectivity index (χ4v) is 2.56. The highest BCUT2D eigenvalue weighted by Crippen LogP contribution is 2.18. The number of nitrogens with zero attached hydrogens (tertiary/aromatic N) is 2. The van der Waals surface area contributed by atoms with Crippen molar-refractivity contribution in [1.29, 1.82) is 0 Å². The van der Waals surface area contributed by atoms with Crippen LogP contribution in [0.15, 0.2) is 29.3 Å². The molecule has 0 aromatic heterocycles. The molecule has 1 rings (SSSR count). The first-order valence-corrected chi connectivity index (χ1v) is 10.3. The number of hydrogen-bond donors (Lipinski definition) is 2. The number of amidine groups is 1. The molecule has 0 unspecified atom stereocenters. The van der Waals surface area contributed by atoms with E-state index in [0.717, 1.165) is 16.3 Å². The number of amides is 2. The van der Waals surface area contributed by atoms with Gasteiger partial charge in [0, 0.05) is 0 Å². The average molecular weight is 425 g/mol. The van der Waals surface area contributed by atoms with Gasteiger partial charge in [-0.1, -0.05) is 30.8 Å². The van der Waals surface area contributed by atoms with Gasteiger partial charge in [0.15, 0.2) is 5.17 Å². The third-order valence-corrected chi connectivity index (χ3v) is 3.70. The SMILES string of the molecule is CCSC(N)=Nc1cccc(CN(NC(=O)OC(C)(C)C)C(=O)OC(C)(C)C)c1. The summed E-state index contributed by atoms with van der Waals surface area (Å²) in [4.78, 5) is 29.1. The number of nitrogens with two attached hydrogens (primary N) is 1. The van der Waals surface area contributed by atoms with E-state index < -0.39 is 23.4 Å². The quantitative estimate of drug-likeness (QED) is 0.417. The first-order valence-electron chi connectivity index (χ1n) is 9.35. The van der Waals surface area contributed by atoms with Gasteiger partial charge in [0.05, 0.1) is 12.2 Å². The average Bonchev–Trinajstić information content (AvgIpc) is 2.51. The monoisotopic (exact) mass is 424 g/mol. The van der Waals surface area contributed by atoms with Crippen molar-refractivity contribution in [3.8, 4) is 0 Å². The Morgan fingerprint density at radius 2 is 1.76 bits per heavy atom. The standard InChI is InChI=1S/C20H32N4O4S/c1-8-29-16(21)22-15-11-9-10-14(12-15)13-24(18(26)28-20(5,6)7)23-17(25)27-19(2,3)4/h9-12H,8,13H2,1-7H3,(H2,21,22)(H,23,25). The Morgan fingerprint density at radius 1 is 1.14 bits per heavy atom. The van der Waals surface area contributed by atoms with Crippen LogP contribution >= 0.6 is 11.8 Å². The van der Waals surface area contributed by atoms with E-state index in [1.165, 1.54) is 11.8 Å². The van der Waals surface area contributed by atoms with Crippen molar-refractivity contribution in [1.82, 2.24) is 10.4 Å². The summed E-state index contributed by atoms with van der Waals surface area (Å²) in [6.45, 7) is 12.5. The highest BCUT2D eigenvalue weighted by Gasteiger charge is 2.26. The Kier molecular flexibility index (Phi) is 8.81. The van der Waals surface area contributed by atoms with Crippen molar-refractivity contribution in [2.24, 2.45) is 10.7 Å². The number of hydrazine groups is 1. The second-order valence-corrected chi connectivity index (χ2v) is 9.52. The van der Waals surface area contributed by atoms with Gasteiger partial charge >= 0.3 is 12.2 Å². The summed E-state index contributed by atoms with van der Waals surface area (Å²) in [7, 11) is 0. The number of benzene rings is 1. The van der Waals surface area contributed by atoms with E-state index in [1.807, 2.05) is 19.1 Å². The van der Waals surface area contributed by atoms with Gasteiger partial charge < -0.3 is 15.2 Å². The van der Waals surface area contributed by atoms with Gasteiger partial charge in [-0.2, -0.15) is 0 Å². The topological polar surface area (TPSA) is 106 Å². The number of carbonyl (C=O) groups is 2. The van der Waals surface area contributed by atoms with Gasteiger partial charge in [0.1, 0.15) is 11.2 Å². The molecule has 0 radical (unpaired) electrons. The van der Waals surface area contributed by atoms with E-state index in [1.54, 1.807) is 53.7 Å². The van der Waals surface area contributed by atoms with Gasteiger partial charge in [-0.3, -0.25) is 0 Å². The molecule has 29 heavy (non-hydrogen) atoms. The lowest BCUT2D eigenvalue weighted by Crippen LogP contribution is -2.49. The molecule has 0 aliphatic heterocycles. The first-order chi connectivity index (χ1) is 13.3. The zero-order valence-corrected chi connectivity index (χ0v) is 19.1. The molecule has 9 heteroatoms. The summed E-state index contributed by atoms with van der Waals surface area (Å²) in [5.41, 5.74) is 8.30. The Balaban J connectivity index is 3.03. The molecule has 0 fully saturated rings. The highest BCUT2D eigenvalue weighted by molar-refractivity contribution is 8.13. The van der Waals surface area contributed by atoms with Gasteiger partial charge in [0.25, 0.3) is 0 Å². The molecule has 8 nitrogen and oxygen atoms in total. The summed E-state index contributed by atoms with van der Waals surface area (Å²) in [6.07, 6.45) is -1.44. The number of rotatable bonds is 4. The minimum absolute atomic E-state index is 0.0678. The van der Waals surface area contributed by atoms with Crippen LogP contribution in [0.2, 0.25) is 0 Å². The smallest absolute Gasteiger partial charge is 0.429 e. The molecule has 0 heterocycles. The summed E-state index contributed by atoms with van der Waals surface area (Å²) >= 11 is 1.44. The predicted molar refractivity (Wildman–Crippen MR) is 117 cm³/mol. The molecular weight excluding hydrogens is 392 g/mol. The molecule has 0 aliphatic rings. The maximum absolute atomic E-state index is 12.6. The lowest BCUT2D eigenvalue weighted by molar-refractivity contribution is -0.000653. The van der Waals surface area contributed by atoms with Crippen molar-refractivity contribution >= 4 is 34.8 Å². The Hall–Kier alpha value is -2.42. The molecular formula is C20H32N4O4S. The van der Waals surface area contributed by atoms with Crippen LogP contribution in [0.25, 0.3) is 0 Å². The van der Waals surface area contributed by atoms with Gasteiger partial charge in [-0.25, -0.2) is 25.0 Å².